The molecular weight excluding hydrogens is 365 g/mol. The van der Waals surface area contributed by atoms with Crippen molar-refractivity contribution in [1.82, 2.24) is 9.97 Å². The maximum Gasteiger partial charge on any atom is 0.166 e. The summed E-state index contributed by atoms with van der Waals surface area (Å²) in [6.45, 7) is 2.45. The van der Waals surface area contributed by atoms with Crippen LogP contribution in [0, 0.1) is 17.1 Å². The van der Waals surface area contributed by atoms with E-state index < -0.39 is 5.82 Å². The molecule has 0 aliphatic heterocycles. The van der Waals surface area contributed by atoms with Crippen molar-refractivity contribution in [3.63, 3.8) is 0 Å². The molecular formula is C24H24FN3O. The highest BCUT2D eigenvalue weighted by Crippen LogP contribution is 2.21. The molecule has 3 rings (SSSR count). The SMILES string of the molecule is CCCCCCc1cnc(-c2ccc(COc3ccc(C#N)cc3F)cc2)nc1. The van der Waals surface area contributed by atoms with Gasteiger partial charge in [-0.1, -0.05) is 50.5 Å². The molecule has 0 N–H and O–H groups in total. The second-order valence-corrected chi connectivity index (χ2v) is 6.97. The smallest absolute Gasteiger partial charge is 0.166 e. The van der Waals surface area contributed by atoms with Crippen molar-refractivity contribution < 1.29 is 9.13 Å². The molecule has 0 radical (unpaired) electrons. The third-order valence-corrected chi connectivity index (χ3v) is 4.69. The molecule has 1 aromatic heterocycles. The van der Waals surface area contributed by atoms with Gasteiger partial charge < -0.3 is 4.74 Å². The van der Waals surface area contributed by atoms with Gasteiger partial charge in [-0.2, -0.15) is 5.26 Å². The Hall–Kier alpha value is -3.26. The van der Waals surface area contributed by atoms with Crippen LogP contribution in [-0.2, 0) is 13.0 Å². The van der Waals surface area contributed by atoms with E-state index in [4.69, 9.17) is 10.00 Å². The molecule has 0 aliphatic carbocycles. The van der Waals surface area contributed by atoms with E-state index in [1.165, 1.54) is 49.4 Å². The third-order valence-electron chi connectivity index (χ3n) is 4.69. The van der Waals surface area contributed by atoms with Crippen LogP contribution < -0.4 is 4.74 Å². The maximum atomic E-state index is 13.9. The summed E-state index contributed by atoms with van der Waals surface area (Å²) in [5.74, 6) is 0.280. The molecule has 2 aromatic carbocycles. The lowest BCUT2D eigenvalue weighted by Gasteiger charge is -2.08. The van der Waals surface area contributed by atoms with Crippen molar-refractivity contribution >= 4 is 0 Å². The summed E-state index contributed by atoms with van der Waals surface area (Å²) in [6.07, 6.45) is 9.74. The van der Waals surface area contributed by atoms with Crippen LogP contribution in [0.4, 0.5) is 4.39 Å². The van der Waals surface area contributed by atoms with Crippen LogP contribution in [0.3, 0.4) is 0 Å². The number of ether oxygens (including phenoxy) is 1. The molecule has 0 spiro atoms. The highest BCUT2D eigenvalue weighted by molar-refractivity contribution is 5.55. The molecule has 0 fully saturated rings. The monoisotopic (exact) mass is 389 g/mol. The summed E-state index contributed by atoms with van der Waals surface area (Å²) in [7, 11) is 0. The van der Waals surface area contributed by atoms with Crippen LogP contribution in [0.15, 0.2) is 54.9 Å². The average molecular weight is 389 g/mol. The Morgan fingerprint density at radius 3 is 2.38 bits per heavy atom. The Morgan fingerprint density at radius 1 is 0.966 bits per heavy atom. The molecule has 5 heteroatoms. The number of hydrogen-bond acceptors (Lipinski definition) is 4. The quantitative estimate of drug-likeness (QED) is 0.430. The lowest BCUT2D eigenvalue weighted by atomic mass is 10.1. The molecule has 0 atom stereocenters. The number of nitriles is 1. The fraction of sp³-hybridized carbons (Fsp3) is 0.292. The van der Waals surface area contributed by atoms with E-state index in [9.17, 15) is 4.39 Å². The van der Waals surface area contributed by atoms with Crippen LogP contribution >= 0.6 is 0 Å². The van der Waals surface area contributed by atoms with Crippen molar-refractivity contribution in [2.24, 2.45) is 0 Å². The van der Waals surface area contributed by atoms with Gasteiger partial charge in [-0.05, 0) is 42.2 Å². The predicted octanol–water partition coefficient (Wildman–Crippen LogP) is 5.86. The van der Waals surface area contributed by atoms with Gasteiger partial charge >= 0.3 is 0 Å². The Kier molecular flexibility index (Phi) is 7.29. The van der Waals surface area contributed by atoms with Crippen LogP contribution in [-0.4, -0.2) is 9.97 Å². The topological polar surface area (TPSA) is 58.8 Å². The molecule has 0 saturated heterocycles. The second kappa shape index (κ2) is 10.3. The first-order valence-electron chi connectivity index (χ1n) is 9.92. The molecule has 0 aliphatic rings. The number of hydrogen-bond donors (Lipinski definition) is 0. The molecule has 3 aromatic rings. The molecule has 0 amide bonds. The molecule has 0 saturated carbocycles. The number of nitrogens with zero attached hydrogens (tertiary/aromatic N) is 3. The molecule has 0 bridgehead atoms. The van der Waals surface area contributed by atoms with Crippen LogP contribution in [0.1, 0.15) is 49.3 Å². The van der Waals surface area contributed by atoms with Crippen molar-refractivity contribution in [3.05, 3.63) is 77.4 Å². The van der Waals surface area contributed by atoms with Crippen LogP contribution in [0.5, 0.6) is 5.75 Å². The maximum absolute atomic E-state index is 13.9. The lowest BCUT2D eigenvalue weighted by molar-refractivity contribution is 0.290. The first kappa shape index (κ1) is 20.5. The zero-order valence-corrected chi connectivity index (χ0v) is 16.6. The number of aryl methyl sites for hydroxylation is 1. The van der Waals surface area contributed by atoms with Gasteiger partial charge in [0.25, 0.3) is 0 Å². The predicted molar refractivity (Wildman–Crippen MR) is 111 cm³/mol. The fourth-order valence-corrected chi connectivity index (χ4v) is 2.99. The van der Waals surface area contributed by atoms with Gasteiger partial charge in [-0.3, -0.25) is 0 Å². The van der Waals surface area contributed by atoms with Gasteiger partial charge in [0.05, 0.1) is 11.6 Å². The van der Waals surface area contributed by atoms with E-state index >= 15 is 0 Å². The Morgan fingerprint density at radius 2 is 1.72 bits per heavy atom. The summed E-state index contributed by atoms with van der Waals surface area (Å²) >= 11 is 0. The fourth-order valence-electron chi connectivity index (χ4n) is 2.99. The summed E-state index contributed by atoms with van der Waals surface area (Å²) in [5.41, 5.74) is 3.27. The van der Waals surface area contributed by atoms with Crippen molar-refractivity contribution in [2.45, 2.75) is 45.6 Å². The minimum absolute atomic E-state index is 0.130. The summed E-state index contributed by atoms with van der Waals surface area (Å²) in [6, 6.07) is 13.8. The molecule has 4 nitrogen and oxygen atoms in total. The summed E-state index contributed by atoms with van der Waals surface area (Å²) < 4.78 is 19.4. The first-order chi connectivity index (χ1) is 14.2. The Labute approximate surface area is 171 Å². The molecule has 29 heavy (non-hydrogen) atoms. The average Bonchev–Trinajstić information content (AvgIpc) is 2.77. The molecule has 1 heterocycles. The zero-order chi connectivity index (χ0) is 20.5. The standard InChI is InChI=1S/C24H24FN3O/c1-2-3-4-5-6-20-15-27-24(28-16-20)21-10-7-18(8-11-21)17-29-23-12-9-19(14-26)13-22(23)25/h7-13,15-16H,2-6,17H2,1H3. The summed E-state index contributed by atoms with van der Waals surface area (Å²) in [5, 5.41) is 8.79. The van der Waals surface area contributed by atoms with Crippen molar-refractivity contribution in [2.75, 3.05) is 0 Å². The highest BCUT2D eigenvalue weighted by Gasteiger charge is 2.06. The van der Waals surface area contributed by atoms with E-state index in [2.05, 4.69) is 16.9 Å². The van der Waals surface area contributed by atoms with Gasteiger partial charge in [0.2, 0.25) is 0 Å². The Bertz CT molecular complexity index is 963. The van der Waals surface area contributed by atoms with E-state index in [1.54, 1.807) is 0 Å². The first-order valence-corrected chi connectivity index (χ1v) is 9.92. The van der Waals surface area contributed by atoms with Gasteiger partial charge in [-0.25, -0.2) is 14.4 Å². The van der Waals surface area contributed by atoms with E-state index in [-0.39, 0.29) is 17.9 Å². The highest BCUT2D eigenvalue weighted by atomic mass is 19.1. The minimum Gasteiger partial charge on any atom is -0.486 e. The largest absolute Gasteiger partial charge is 0.486 e. The number of unbranched alkanes of at least 4 members (excludes halogenated alkanes) is 3. The van der Waals surface area contributed by atoms with E-state index in [0.717, 1.165) is 17.5 Å². The van der Waals surface area contributed by atoms with Crippen molar-refractivity contribution in [1.29, 1.82) is 5.26 Å². The van der Waals surface area contributed by atoms with E-state index in [1.807, 2.05) is 42.7 Å². The third kappa shape index (κ3) is 5.86. The van der Waals surface area contributed by atoms with E-state index in [0.29, 0.717) is 5.82 Å². The number of aromatic nitrogens is 2. The zero-order valence-electron chi connectivity index (χ0n) is 16.6. The summed E-state index contributed by atoms with van der Waals surface area (Å²) in [4.78, 5) is 8.96. The molecule has 148 valence electrons. The second-order valence-electron chi connectivity index (χ2n) is 6.97. The number of halogens is 1. The van der Waals surface area contributed by atoms with Gasteiger partial charge in [0.1, 0.15) is 6.61 Å². The normalized spacial score (nSPS) is 10.5. The van der Waals surface area contributed by atoms with Gasteiger partial charge in [-0.15, -0.1) is 0 Å². The van der Waals surface area contributed by atoms with Gasteiger partial charge in [0.15, 0.2) is 17.4 Å². The van der Waals surface area contributed by atoms with Gasteiger partial charge in [0, 0.05) is 18.0 Å². The number of benzene rings is 2. The lowest BCUT2D eigenvalue weighted by Crippen LogP contribution is -1.98. The minimum atomic E-state index is -0.538. The number of rotatable bonds is 9. The van der Waals surface area contributed by atoms with Crippen LogP contribution in [0.25, 0.3) is 11.4 Å². The van der Waals surface area contributed by atoms with Crippen molar-refractivity contribution in [3.8, 4) is 23.2 Å². The molecule has 0 unspecified atom stereocenters. The Balaban J connectivity index is 1.56. The van der Waals surface area contributed by atoms with Crippen LogP contribution in [0.2, 0.25) is 0 Å².